The summed E-state index contributed by atoms with van der Waals surface area (Å²) in [6, 6.07) is 0. The lowest BCUT2D eigenvalue weighted by atomic mass is 10.1. The van der Waals surface area contributed by atoms with Crippen LogP contribution in [-0.4, -0.2) is 9.97 Å². The number of hydrogen-bond donors (Lipinski definition) is 0. The highest BCUT2D eigenvalue weighted by atomic mass is 16.3. The van der Waals surface area contributed by atoms with Crippen LogP contribution in [0.25, 0.3) is 11.1 Å². The maximum atomic E-state index is 5.26. The van der Waals surface area contributed by atoms with Crippen molar-refractivity contribution < 1.29 is 4.42 Å². The van der Waals surface area contributed by atoms with Crippen LogP contribution in [0.1, 0.15) is 25.3 Å². The standard InChI is InChI=1S/C9H10N2O/c1-6(2)7-3-10-4-8-9(7)12-5-11-8/h3-6H,1-2H3. The zero-order valence-corrected chi connectivity index (χ0v) is 7.11. The van der Waals surface area contributed by atoms with Crippen LogP contribution in [0.5, 0.6) is 0 Å². The second-order valence-electron chi connectivity index (χ2n) is 3.08. The number of hydrogen-bond acceptors (Lipinski definition) is 3. The van der Waals surface area contributed by atoms with E-state index in [4.69, 9.17) is 4.42 Å². The molecule has 2 aromatic heterocycles. The van der Waals surface area contributed by atoms with Crippen molar-refractivity contribution >= 4 is 11.1 Å². The number of aromatic nitrogens is 2. The average Bonchev–Trinajstić information content (AvgIpc) is 2.49. The molecule has 0 saturated carbocycles. The average molecular weight is 162 g/mol. The Morgan fingerprint density at radius 3 is 2.92 bits per heavy atom. The first-order chi connectivity index (χ1) is 5.79. The molecule has 0 aliphatic rings. The van der Waals surface area contributed by atoms with Gasteiger partial charge in [0.05, 0.1) is 6.20 Å². The third kappa shape index (κ3) is 0.978. The molecule has 0 amide bonds. The van der Waals surface area contributed by atoms with E-state index in [-0.39, 0.29) is 0 Å². The van der Waals surface area contributed by atoms with Crippen LogP contribution in [-0.2, 0) is 0 Å². The molecular weight excluding hydrogens is 152 g/mol. The molecule has 0 atom stereocenters. The normalized spacial score (nSPS) is 11.2. The molecule has 0 unspecified atom stereocenters. The number of rotatable bonds is 1. The van der Waals surface area contributed by atoms with E-state index in [1.165, 1.54) is 6.39 Å². The van der Waals surface area contributed by atoms with Crippen molar-refractivity contribution in [3.63, 3.8) is 0 Å². The summed E-state index contributed by atoms with van der Waals surface area (Å²) in [7, 11) is 0. The Morgan fingerprint density at radius 2 is 2.17 bits per heavy atom. The minimum Gasteiger partial charge on any atom is -0.443 e. The molecule has 0 radical (unpaired) electrons. The molecule has 0 fully saturated rings. The van der Waals surface area contributed by atoms with Gasteiger partial charge in [0, 0.05) is 11.8 Å². The Hall–Kier alpha value is -1.38. The summed E-state index contributed by atoms with van der Waals surface area (Å²) in [4.78, 5) is 8.12. The third-order valence-electron chi connectivity index (χ3n) is 1.89. The van der Waals surface area contributed by atoms with Gasteiger partial charge >= 0.3 is 0 Å². The smallest absolute Gasteiger partial charge is 0.182 e. The summed E-state index contributed by atoms with van der Waals surface area (Å²) in [5.74, 6) is 0.425. The van der Waals surface area contributed by atoms with Gasteiger partial charge < -0.3 is 4.42 Å². The second-order valence-corrected chi connectivity index (χ2v) is 3.08. The fraction of sp³-hybridized carbons (Fsp3) is 0.333. The Labute approximate surface area is 70.4 Å². The molecule has 2 heterocycles. The van der Waals surface area contributed by atoms with Crippen LogP contribution in [0.4, 0.5) is 0 Å². The van der Waals surface area contributed by atoms with E-state index in [1.54, 1.807) is 6.20 Å². The van der Waals surface area contributed by atoms with Gasteiger partial charge in [-0.15, -0.1) is 0 Å². The van der Waals surface area contributed by atoms with Crippen LogP contribution < -0.4 is 0 Å². The fourth-order valence-corrected chi connectivity index (χ4v) is 1.22. The van der Waals surface area contributed by atoms with Crippen LogP contribution >= 0.6 is 0 Å². The lowest BCUT2D eigenvalue weighted by Gasteiger charge is -2.02. The van der Waals surface area contributed by atoms with Gasteiger partial charge in [-0.2, -0.15) is 0 Å². The minimum atomic E-state index is 0.425. The molecule has 0 aliphatic heterocycles. The molecule has 2 aromatic rings. The minimum absolute atomic E-state index is 0.425. The highest BCUT2D eigenvalue weighted by Gasteiger charge is 2.08. The number of pyridine rings is 1. The van der Waals surface area contributed by atoms with Crippen molar-refractivity contribution in [3.8, 4) is 0 Å². The quantitative estimate of drug-likeness (QED) is 0.646. The molecule has 0 saturated heterocycles. The van der Waals surface area contributed by atoms with Crippen molar-refractivity contribution in [2.45, 2.75) is 19.8 Å². The summed E-state index contributed by atoms with van der Waals surface area (Å²) >= 11 is 0. The first-order valence-electron chi connectivity index (χ1n) is 3.96. The predicted molar refractivity (Wildman–Crippen MR) is 45.9 cm³/mol. The van der Waals surface area contributed by atoms with Gasteiger partial charge in [-0.25, -0.2) is 4.98 Å². The first kappa shape index (κ1) is 7.28. The largest absolute Gasteiger partial charge is 0.443 e. The van der Waals surface area contributed by atoms with Crippen molar-refractivity contribution in [2.24, 2.45) is 0 Å². The van der Waals surface area contributed by atoms with Gasteiger partial charge in [-0.05, 0) is 5.92 Å². The molecule has 3 heteroatoms. The van der Waals surface area contributed by atoms with Gasteiger partial charge in [0.1, 0.15) is 5.52 Å². The van der Waals surface area contributed by atoms with Crippen molar-refractivity contribution in [2.75, 3.05) is 0 Å². The summed E-state index contributed by atoms with van der Waals surface area (Å²) in [5.41, 5.74) is 2.81. The Balaban J connectivity index is 2.73. The second kappa shape index (κ2) is 2.59. The topological polar surface area (TPSA) is 38.9 Å². The molecule has 0 aromatic carbocycles. The van der Waals surface area contributed by atoms with Gasteiger partial charge in [-0.1, -0.05) is 13.8 Å². The number of nitrogens with zero attached hydrogens (tertiary/aromatic N) is 2. The van der Waals surface area contributed by atoms with E-state index in [0.29, 0.717) is 5.92 Å². The molecule has 0 N–H and O–H groups in total. The van der Waals surface area contributed by atoms with E-state index >= 15 is 0 Å². The molecular formula is C9H10N2O. The SMILES string of the molecule is CC(C)c1cncc2ncoc12. The van der Waals surface area contributed by atoms with Crippen molar-refractivity contribution in [3.05, 3.63) is 24.4 Å². The van der Waals surface area contributed by atoms with Gasteiger partial charge in [0.25, 0.3) is 0 Å². The number of oxazole rings is 1. The van der Waals surface area contributed by atoms with E-state index in [1.807, 2.05) is 6.20 Å². The van der Waals surface area contributed by atoms with Crippen LogP contribution in [0.2, 0.25) is 0 Å². The van der Waals surface area contributed by atoms with Gasteiger partial charge in [0.15, 0.2) is 12.0 Å². The van der Waals surface area contributed by atoms with E-state index < -0.39 is 0 Å². The molecule has 3 nitrogen and oxygen atoms in total. The molecule has 2 rings (SSSR count). The van der Waals surface area contributed by atoms with E-state index in [2.05, 4.69) is 23.8 Å². The first-order valence-corrected chi connectivity index (χ1v) is 3.96. The Bertz CT molecular complexity index is 392. The van der Waals surface area contributed by atoms with E-state index in [0.717, 1.165) is 16.7 Å². The summed E-state index contributed by atoms with van der Waals surface area (Å²) in [5, 5.41) is 0. The maximum absolute atomic E-state index is 5.26. The van der Waals surface area contributed by atoms with Crippen LogP contribution in [0.15, 0.2) is 23.2 Å². The highest BCUT2D eigenvalue weighted by Crippen LogP contribution is 2.22. The summed E-state index contributed by atoms with van der Waals surface area (Å²) in [6.07, 6.45) is 5.00. The summed E-state index contributed by atoms with van der Waals surface area (Å²) in [6.45, 7) is 4.22. The van der Waals surface area contributed by atoms with Crippen molar-refractivity contribution in [1.29, 1.82) is 0 Å². The third-order valence-corrected chi connectivity index (χ3v) is 1.89. The number of fused-ring (bicyclic) bond motifs is 1. The Morgan fingerprint density at radius 1 is 1.33 bits per heavy atom. The van der Waals surface area contributed by atoms with Gasteiger partial charge in [-0.3, -0.25) is 4.98 Å². The lowest BCUT2D eigenvalue weighted by Crippen LogP contribution is -1.88. The van der Waals surface area contributed by atoms with E-state index in [9.17, 15) is 0 Å². The zero-order valence-electron chi connectivity index (χ0n) is 7.11. The molecule has 0 spiro atoms. The monoisotopic (exact) mass is 162 g/mol. The predicted octanol–water partition coefficient (Wildman–Crippen LogP) is 2.35. The maximum Gasteiger partial charge on any atom is 0.182 e. The molecule has 12 heavy (non-hydrogen) atoms. The fourth-order valence-electron chi connectivity index (χ4n) is 1.22. The van der Waals surface area contributed by atoms with Crippen LogP contribution in [0, 0.1) is 0 Å². The van der Waals surface area contributed by atoms with Crippen LogP contribution in [0.3, 0.4) is 0 Å². The van der Waals surface area contributed by atoms with Gasteiger partial charge in [0.2, 0.25) is 0 Å². The molecule has 0 bridgehead atoms. The molecule has 0 aliphatic carbocycles. The summed E-state index contributed by atoms with van der Waals surface area (Å²) < 4.78 is 5.26. The molecule has 62 valence electrons. The van der Waals surface area contributed by atoms with Crippen molar-refractivity contribution in [1.82, 2.24) is 9.97 Å². The zero-order chi connectivity index (χ0) is 8.55. The highest BCUT2D eigenvalue weighted by molar-refractivity contribution is 5.74. The lowest BCUT2D eigenvalue weighted by molar-refractivity contribution is 0.594. The Kier molecular flexibility index (Phi) is 1.57.